The van der Waals surface area contributed by atoms with Crippen molar-refractivity contribution in [1.29, 1.82) is 0 Å². The second-order valence-electron chi connectivity index (χ2n) is 6.45. The van der Waals surface area contributed by atoms with E-state index in [1.54, 1.807) is 12.4 Å². The van der Waals surface area contributed by atoms with Crippen molar-refractivity contribution >= 4 is 5.91 Å². The molecule has 0 radical (unpaired) electrons. The van der Waals surface area contributed by atoms with Gasteiger partial charge in [0.1, 0.15) is 5.76 Å². The molecule has 1 amide bonds. The van der Waals surface area contributed by atoms with Crippen molar-refractivity contribution in [3.8, 4) is 0 Å². The zero-order valence-electron chi connectivity index (χ0n) is 14.0. The Bertz CT molecular complexity index is 657. The van der Waals surface area contributed by atoms with Crippen molar-refractivity contribution in [2.45, 2.75) is 58.5 Å². The lowest BCUT2D eigenvalue weighted by atomic mass is 9.95. The minimum absolute atomic E-state index is 0.118. The van der Waals surface area contributed by atoms with Gasteiger partial charge in [-0.05, 0) is 50.3 Å². The summed E-state index contributed by atoms with van der Waals surface area (Å²) in [5.74, 6) is 1.14. The molecule has 1 saturated carbocycles. The summed E-state index contributed by atoms with van der Waals surface area (Å²) in [7, 11) is 0. The Morgan fingerprint density at radius 3 is 2.61 bits per heavy atom. The van der Waals surface area contributed by atoms with E-state index in [0.29, 0.717) is 19.0 Å². The molecule has 0 bridgehead atoms. The van der Waals surface area contributed by atoms with Crippen molar-refractivity contribution in [2.24, 2.45) is 0 Å². The first kappa shape index (κ1) is 15.7. The SMILES string of the molecule is Cc1noc(C)c1C(C)CC(=O)N(Cc1ccncc1)C1CC1. The topological polar surface area (TPSA) is 59.2 Å². The average molecular weight is 313 g/mol. The number of pyridine rings is 1. The number of rotatable bonds is 6. The zero-order chi connectivity index (χ0) is 16.4. The molecule has 23 heavy (non-hydrogen) atoms. The van der Waals surface area contributed by atoms with Crippen molar-refractivity contribution in [1.82, 2.24) is 15.0 Å². The maximum Gasteiger partial charge on any atom is 0.223 e. The summed E-state index contributed by atoms with van der Waals surface area (Å²) in [6.07, 6.45) is 6.26. The number of aromatic nitrogens is 2. The molecule has 5 heteroatoms. The summed E-state index contributed by atoms with van der Waals surface area (Å²) in [5.41, 5.74) is 3.08. The Morgan fingerprint density at radius 2 is 2.04 bits per heavy atom. The molecule has 1 aliphatic rings. The maximum absolute atomic E-state index is 12.8. The molecule has 3 rings (SSSR count). The highest BCUT2D eigenvalue weighted by molar-refractivity contribution is 5.78. The van der Waals surface area contributed by atoms with Gasteiger partial charge in [-0.3, -0.25) is 9.78 Å². The van der Waals surface area contributed by atoms with E-state index in [2.05, 4.69) is 17.1 Å². The standard InChI is InChI=1S/C18H23N3O2/c1-12(18-13(2)20-23-14(18)3)10-17(22)21(16-4-5-16)11-15-6-8-19-9-7-15/h6-9,12,16H,4-5,10-11H2,1-3H3. The van der Waals surface area contributed by atoms with Crippen molar-refractivity contribution < 1.29 is 9.32 Å². The Kier molecular flexibility index (Phi) is 4.46. The molecule has 1 unspecified atom stereocenters. The minimum atomic E-state index is 0.118. The van der Waals surface area contributed by atoms with Crippen LogP contribution in [0.15, 0.2) is 29.0 Å². The Hall–Kier alpha value is -2.17. The van der Waals surface area contributed by atoms with E-state index in [0.717, 1.165) is 35.4 Å². The fourth-order valence-electron chi connectivity index (χ4n) is 3.17. The van der Waals surface area contributed by atoms with Crippen LogP contribution in [-0.4, -0.2) is 27.0 Å². The lowest BCUT2D eigenvalue weighted by Crippen LogP contribution is -2.33. The van der Waals surface area contributed by atoms with Crippen LogP contribution < -0.4 is 0 Å². The highest BCUT2D eigenvalue weighted by atomic mass is 16.5. The van der Waals surface area contributed by atoms with Gasteiger partial charge in [0, 0.05) is 37.0 Å². The van der Waals surface area contributed by atoms with Crippen molar-refractivity contribution in [3.63, 3.8) is 0 Å². The zero-order valence-corrected chi connectivity index (χ0v) is 14.0. The molecule has 2 aromatic heterocycles. The van der Waals surface area contributed by atoms with Gasteiger partial charge in [0.05, 0.1) is 5.69 Å². The second kappa shape index (κ2) is 6.52. The highest BCUT2D eigenvalue weighted by Crippen LogP contribution is 2.32. The third-order valence-electron chi connectivity index (χ3n) is 4.47. The smallest absolute Gasteiger partial charge is 0.223 e. The van der Waals surface area contributed by atoms with Gasteiger partial charge in [0.25, 0.3) is 0 Å². The van der Waals surface area contributed by atoms with E-state index in [-0.39, 0.29) is 11.8 Å². The minimum Gasteiger partial charge on any atom is -0.361 e. The molecule has 2 heterocycles. The summed E-state index contributed by atoms with van der Waals surface area (Å²) in [6, 6.07) is 4.34. The van der Waals surface area contributed by atoms with Crippen LogP contribution in [0, 0.1) is 13.8 Å². The molecule has 122 valence electrons. The van der Waals surface area contributed by atoms with Crippen LogP contribution in [0.3, 0.4) is 0 Å². The number of nitrogens with zero attached hydrogens (tertiary/aromatic N) is 3. The third kappa shape index (κ3) is 3.60. The lowest BCUT2D eigenvalue weighted by molar-refractivity contribution is -0.132. The van der Waals surface area contributed by atoms with Crippen molar-refractivity contribution in [3.05, 3.63) is 47.1 Å². The molecule has 0 aromatic carbocycles. The Labute approximate surface area is 136 Å². The molecule has 1 atom stereocenters. The van der Waals surface area contributed by atoms with Gasteiger partial charge in [0.15, 0.2) is 0 Å². The van der Waals surface area contributed by atoms with Gasteiger partial charge in [-0.2, -0.15) is 0 Å². The van der Waals surface area contributed by atoms with Crippen molar-refractivity contribution in [2.75, 3.05) is 0 Å². The summed E-state index contributed by atoms with van der Waals surface area (Å²) in [5, 5.41) is 4.00. The quantitative estimate of drug-likeness (QED) is 0.820. The van der Waals surface area contributed by atoms with E-state index < -0.39 is 0 Å². The normalized spacial score (nSPS) is 15.4. The van der Waals surface area contributed by atoms with Crippen LogP contribution in [0.5, 0.6) is 0 Å². The van der Waals surface area contributed by atoms with Crippen LogP contribution in [-0.2, 0) is 11.3 Å². The Morgan fingerprint density at radius 1 is 1.35 bits per heavy atom. The summed E-state index contributed by atoms with van der Waals surface area (Å²) in [6.45, 7) is 6.58. The number of amides is 1. The van der Waals surface area contributed by atoms with Crippen LogP contribution in [0.1, 0.15) is 54.7 Å². The van der Waals surface area contributed by atoms with Gasteiger partial charge in [0.2, 0.25) is 5.91 Å². The van der Waals surface area contributed by atoms with Crippen LogP contribution in [0.2, 0.25) is 0 Å². The van der Waals surface area contributed by atoms with Crippen LogP contribution >= 0.6 is 0 Å². The lowest BCUT2D eigenvalue weighted by Gasteiger charge is -2.24. The largest absolute Gasteiger partial charge is 0.361 e. The fourth-order valence-corrected chi connectivity index (χ4v) is 3.17. The summed E-state index contributed by atoms with van der Waals surface area (Å²) < 4.78 is 5.23. The molecule has 0 N–H and O–H groups in total. The first-order valence-electron chi connectivity index (χ1n) is 8.17. The highest BCUT2D eigenvalue weighted by Gasteiger charge is 2.33. The van der Waals surface area contributed by atoms with E-state index in [4.69, 9.17) is 4.52 Å². The monoisotopic (exact) mass is 313 g/mol. The summed E-state index contributed by atoms with van der Waals surface area (Å²) >= 11 is 0. The molecule has 0 aliphatic heterocycles. The second-order valence-corrected chi connectivity index (χ2v) is 6.45. The molecular weight excluding hydrogens is 290 g/mol. The van der Waals surface area contributed by atoms with E-state index in [1.807, 2.05) is 30.9 Å². The number of aryl methyl sites for hydroxylation is 2. The van der Waals surface area contributed by atoms with E-state index in [9.17, 15) is 4.79 Å². The molecule has 2 aromatic rings. The predicted octanol–water partition coefficient (Wildman–Crippen LogP) is 3.37. The fraction of sp³-hybridized carbons (Fsp3) is 0.500. The number of carbonyl (C=O) groups excluding carboxylic acids is 1. The molecule has 5 nitrogen and oxygen atoms in total. The molecular formula is C18H23N3O2. The van der Waals surface area contributed by atoms with E-state index >= 15 is 0 Å². The first-order chi connectivity index (χ1) is 11.1. The summed E-state index contributed by atoms with van der Waals surface area (Å²) in [4.78, 5) is 18.9. The van der Waals surface area contributed by atoms with Gasteiger partial charge >= 0.3 is 0 Å². The first-order valence-corrected chi connectivity index (χ1v) is 8.17. The number of carbonyl (C=O) groups is 1. The molecule has 1 fully saturated rings. The Balaban J connectivity index is 1.69. The maximum atomic E-state index is 12.8. The molecule has 0 spiro atoms. The molecule has 1 aliphatic carbocycles. The predicted molar refractivity (Wildman–Crippen MR) is 86.8 cm³/mol. The number of hydrogen-bond donors (Lipinski definition) is 0. The van der Waals surface area contributed by atoms with Crippen LogP contribution in [0.25, 0.3) is 0 Å². The van der Waals surface area contributed by atoms with Gasteiger partial charge in [-0.25, -0.2) is 0 Å². The van der Waals surface area contributed by atoms with Crippen LogP contribution in [0.4, 0.5) is 0 Å². The van der Waals surface area contributed by atoms with Gasteiger partial charge in [-0.15, -0.1) is 0 Å². The van der Waals surface area contributed by atoms with Gasteiger partial charge in [-0.1, -0.05) is 12.1 Å². The number of hydrogen-bond acceptors (Lipinski definition) is 4. The van der Waals surface area contributed by atoms with E-state index in [1.165, 1.54) is 0 Å². The third-order valence-corrected chi connectivity index (χ3v) is 4.47. The average Bonchev–Trinajstić information content (AvgIpc) is 3.31. The van der Waals surface area contributed by atoms with Gasteiger partial charge < -0.3 is 9.42 Å². The molecule has 0 saturated heterocycles.